The molecule has 1 aliphatic rings. The lowest BCUT2D eigenvalue weighted by atomic mass is 10.1. The van der Waals surface area contributed by atoms with Crippen molar-refractivity contribution >= 4 is 27.3 Å². The van der Waals surface area contributed by atoms with Gasteiger partial charge >= 0.3 is 6.18 Å². The van der Waals surface area contributed by atoms with E-state index in [0.717, 1.165) is 33.6 Å². The van der Waals surface area contributed by atoms with Gasteiger partial charge in [0.25, 0.3) is 5.56 Å². The molecule has 1 fully saturated rings. The molecule has 0 radical (unpaired) electrons. The number of halogens is 3. The summed E-state index contributed by atoms with van der Waals surface area (Å²) in [5.74, 6) is 0. The summed E-state index contributed by atoms with van der Waals surface area (Å²) in [4.78, 5) is 21.3. The molecule has 2 aromatic heterocycles. The first kappa shape index (κ1) is 18.9. The molecule has 6 nitrogen and oxygen atoms in total. The molecule has 1 N–H and O–H groups in total. The van der Waals surface area contributed by atoms with E-state index in [0.29, 0.717) is 12.1 Å². The van der Waals surface area contributed by atoms with Crippen LogP contribution in [0.1, 0.15) is 31.0 Å². The van der Waals surface area contributed by atoms with Gasteiger partial charge in [-0.25, -0.2) is 4.98 Å². The Kier molecular flexibility index (Phi) is 4.84. The fraction of sp³-hybridized carbons (Fsp3) is 0.389. The van der Waals surface area contributed by atoms with E-state index in [1.807, 2.05) is 0 Å². The number of para-hydroxylation sites is 1. The van der Waals surface area contributed by atoms with E-state index in [9.17, 15) is 18.0 Å². The van der Waals surface area contributed by atoms with Crippen LogP contribution in [0.4, 0.5) is 13.2 Å². The number of nitrogens with zero attached hydrogens (tertiary/aromatic N) is 3. The third kappa shape index (κ3) is 3.49. The highest BCUT2D eigenvalue weighted by atomic mass is 32.1. The molecule has 1 unspecified atom stereocenters. The number of aliphatic imine (C=N–C) groups is 1. The number of rotatable bonds is 4. The predicted molar refractivity (Wildman–Crippen MR) is 101 cm³/mol. The minimum absolute atomic E-state index is 0.0314. The lowest BCUT2D eigenvalue weighted by molar-refractivity contribution is -0.141. The van der Waals surface area contributed by atoms with Crippen molar-refractivity contribution in [1.29, 1.82) is 0 Å². The summed E-state index contributed by atoms with van der Waals surface area (Å²) in [7, 11) is 0. The summed E-state index contributed by atoms with van der Waals surface area (Å²) >= 11 is 1.14. The molecule has 10 heteroatoms. The molecule has 0 bridgehead atoms. The number of aromatic nitrogens is 3. The minimum atomic E-state index is -4.73. The topological polar surface area (TPSA) is 72.3 Å². The van der Waals surface area contributed by atoms with E-state index in [4.69, 9.17) is 4.74 Å². The van der Waals surface area contributed by atoms with Gasteiger partial charge in [0, 0.05) is 12.3 Å². The minimum Gasteiger partial charge on any atom is -0.376 e. The van der Waals surface area contributed by atoms with E-state index < -0.39 is 23.0 Å². The Morgan fingerprint density at radius 3 is 2.89 bits per heavy atom. The van der Waals surface area contributed by atoms with Crippen molar-refractivity contribution in [3.8, 4) is 5.13 Å². The van der Waals surface area contributed by atoms with Gasteiger partial charge in [-0.1, -0.05) is 23.5 Å². The highest BCUT2D eigenvalue weighted by Gasteiger charge is 2.39. The molecular formula is C18H17F3N4O2S. The average molecular weight is 410 g/mol. The number of H-pyrrole nitrogens is 1. The van der Waals surface area contributed by atoms with E-state index in [2.05, 4.69) is 15.1 Å². The van der Waals surface area contributed by atoms with Crippen LogP contribution in [0.15, 0.2) is 34.1 Å². The van der Waals surface area contributed by atoms with Gasteiger partial charge in [-0.3, -0.25) is 14.9 Å². The van der Waals surface area contributed by atoms with Crippen LogP contribution in [-0.2, 0) is 10.9 Å². The largest absolute Gasteiger partial charge is 0.433 e. The zero-order valence-electron chi connectivity index (χ0n) is 14.9. The smallest absolute Gasteiger partial charge is 0.376 e. The van der Waals surface area contributed by atoms with Gasteiger partial charge in [0.05, 0.1) is 28.4 Å². The summed E-state index contributed by atoms with van der Waals surface area (Å²) in [6, 6.07) is 7.11. The Morgan fingerprint density at radius 1 is 1.43 bits per heavy atom. The number of alkyl halides is 3. The highest BCUT2D eigenvalue weighted by Crippen LogP contribution is 2.31. The van der Waals surface area contributed by atoms with Crippen molar-refractivity contribution < 1.29 is 17.9 Å². The molecule has 1 aromatic carbocycles. The maximum atomic E-state index is 13.6. The number of benzene rings is 1. The Bertz CT molecular complexity index is 1060. The molecule has 0 spiro atoms. The molecule has 0 amide bonds. The lowest BCUT2D eigenvalue weighted by Crippen LogP contribution is -2.21. The number of thiazole rings is 1. The molecule has 1 atom stereocenters. The molecule has 3 heterocycles. The number of fused-ring (bicyclic) bond motifs is 1. The van der Waals surface area contributed by atoms with E-state index in [-0.39, 0.29) is 23.5 Å². The van der Waals surface area contributed by atoms with Crippen molar-refractivity contribution in [1.82, 2.24) is 14.8 Å². The third-order valence-electron chi connectivity index (χ3n) is 4.57. The van der Waals surface area contributed by atoms with Crippen LogP contribution in [0.5, 0.6) is 0 Å². The van der Waals surface area contributed by atoms with Gasteiger partial charge in [-0.05, 0) is 31.9 Å². The van der Waals surface area contributed by atoms with Crippen LogP contribution >= 0.6 is 11.3 Å². The van der Waals surface area contributed by atoms with Crippen LogP contribution in [-0.4, -0.2) is 39.7 Å². The van der Waals surface area contributed by atoms with Crippen molar-refractivity contribution in [3.05, 3.63) is 45.9 Å². The van der Waals surface area contributed by atoms with Crippen molar-refractivity contribution in [2.45, 2.75) is 32.0 Å². The fourth-order valence-electron chi connectivity index (χ4n) is 3.17. The monoisotopic (exact) mass is 410 g/mol. The van der Waals surface area contributed by atoms with Gasteiger partial charge < -0.3 is 4.74 Å². The zero-order chi connectivity index (χ0) is 19.9. The summed E-state index contributed by atoms with van der Waals surface area (Å²) in [5.41, 5.74) is -1.78. The number of aromatic amines is 1. The summed E-state index contributed by atoms with van der Waals surface area (Å²) < 4.78 is 47.8. The molecule has 0 saturated carbocycles. The zero-order valence-corrected chi connectivity index (χ0v) is 15.7. The second-order valence-electron chi connectivity index (χ2n) is 6.53. The Morgan fingerprint density at radius 2 is 2.21 bits per heavy atom. The Balaban J connectivity index is 1.79. The molecule has 1 aliphatic heterocycles. The van der Waals surface area contributed by atoms with E-state index in [1.54, 1.807) is 24.3 Å². The van der Waals surface area contributed by atoms with E-state index >= 15 is 0 Å². The second-order valence-corrected chi connectivity index (χ2v) is 7.53. The number of hydrogen-bond donors (Lipinski definition) is 1. The molecule has 0 aliphatic carbocycles. The number of hydrogen-bond acceptors (Lipinski definition) is 5. The molecule has 3 aromatic rings. The maximum absolute atomic E-state index is 13.6. The third-order valence-corrected chi connectivity index (χ3v) is 5.59. The fourth-order valence-corrected chi connectivity index (χ4v) is 4.10. The lowest BCUT2D eigenvalue weighted by Gasteiger charge is -2.08. The van der Waals surface area contributed by atoms with Gasteiger partial charge in [0.2, 0.25) is 5.13 Å². The molecule has 28 heavy (non-hydrogen) atoms. The standard InChI is InChI=1S/C18H17F3N4O2S/c1-10(22-9-11-5-4-8-27-11)14-15(18(19,20)21)24-25(16(14)26)17-23-12-6-2-3-7-13(12)28-17/h2-3,6-7,11,24H,4-5,8-9H2,1H3. The molecule has 148 valence electrons. The highest BCUT2D eigenvalue weighted by molar-refractivity contribution is 7.20. The van der Waals surface area contributed by atoms with Gasteiger partial charge in [0.15, 0.2) is 5.69 Å². The summed E-state index contributed by atoms with van der Waals surface area (Å²) in [6.45, 7) is 2.27. The van der Waals surface area contributed by atoms with Crippen LogP contribution in [0.25, 0.3) is 15.3 Å². The van der Waals surface area contributed by atoms with Gasteiger partial charge in [-0.15, -0.1) is 0 Å². The van der Waals surface area contributed by atoms with Crippen molar-refractivity contribution in [3.63, 3.8) is 0 Å². The van der Waals surface area contributed by atoms with Crippen LogP contribution in [0, 0.1) is 0 Å². The number of ether oxygens (including phenoxy) is 1. The normalized spacial score (nSPS) is 18.3. The molecule has 1 saturated heterocycles. The predicted octanol–water partition coefficient (Wildman–Crippen LogP) is 3.78. The van der Waals surface area contributed by atoms with Gasteiger partial charge in [0.1, 0.15) is 0 Å². The SMILES string of the molecule is CC(=NCC1CCCO1)c1c(C(F)(F)F)[nH]n(-c2nc3ccccc3s2)c1=O. The summed E-state index contributed by atoms with van der Waals surface area (Å²) in [6.07, 6.45) is -3.13. The van der Waals surface area contributed by atoms with Crippen molar-refractivity contribution in [2.24, 2.45) is 4.99 Å². The Hall–Kier alpha value is -2.46. The quantitative estimate of drug-likeness (QED) is 0.666. The average Bonchev–Trinajstić information content (AvgIpc) is 3.36. The van der Waals surface area contributed by atoms with E-state index in [1.165, 1.54) is 6.92 Å². The maximum Gasteiger partial charge on any atom is 0.433 e. The van der Waals surface area contributed by atoms with Crippen LogP contribution in [0.2, 0.25) is 0 Å². The number of nitrogens with one attached hydrogen (secondary N) is 1. The van der Waals surface area contributed by atoms with Crippen LogP contribution < -0.4 is 5.56 Å². The molecular weight excluding hydrogens is 393 g/mol. The van der Waals surface area contributed by atoms with Gasteiger partial charge in [-0.2, -0.15) is 17.9 Å². The first-order valence-electron chi connectivity index (χ1n) is 8.76. The molecule has 4 rings (SSSR count). The first-order valence-corrected chi connectivity index (χ1v) is 9.57. The second kappa shape index (κ2) is 7.17. The summed E-state index contributed by atoms with van der Waals surface area (Å²) in [5, 5.41) is 2.34. The van der Waals surface area contributed by atoms with Crippen molar-refractivity contribution in [2.75, 3.05) is 13.2 Å². The van der Waals surface area contributed by atoms with Crippen LogP contribution in [0.3, 0.4) is 0 Å². The Labute approximate surface area is 161 Å². The first-order chi connectivity index (χ1) is 13.3.